The van der Waals surface area contributed by atoms with Gasteiger partial charge in [0.1, 0.15) is 5.82 Å². The highest BCUT2D eigenvalue weighted by Gasteiger charge is 2.15. The molecule has 6 nitrogen and oxygen atoms in total. The van der Waals surface area contributed by atoms with Crippen LogP contribution in [0, 0.1) is 6.92 Å². The number of hydrogen-bond acceptors (Lipinski definition) is 3. The summed E-state index contributed by atoms with van der Waals surface area (Å²) in [5.41, 5.74) is 1.39. The van der Waals surface area contributed by atoms with Crippen molar-refractivity contribution in [2.45, 2.75) is 26.8 Å². The molecule has 2 aromatic rings. The predicted molar refractivity (Wildman–Crippen MR) is 61.9 cm³/mol. The number of hydrogen-bond donors (Lipinski definition) is 2. The number of aromatic carboxylic acids is 1. The summed E-state index contributed by atoms with van der Waals surface area (Å²) in [6.45, 7) is 5.73. The fraction of sp³-hybridized carbons (Fsp3) is 0.364. The molecule has 2 rings (SSSR count). The van der Waals surface area contributed by atoms with Crippen molar-refractivity contribution in [2.75, 3.05) is 0 Å². The van der Waals surface area contributed by atoms with Crippen molar-refractivity contribution in [2.24, 2.45) is 0 Å². The SMILES string of the molecule is Cc1[nH]c(-c2cnn(C(C)C)c2)nc1C(=O)O. The Labute approximate surface area is 98.3 Å². The normalized spacial score (nSPS) is 11.1. The second kappa shape index (κ2) is 4.04. The fourth-order valence-corrected chi connectivity index (χ4v) is 1.55. The molecular formula is C11H14N4O2. The van der Waals surface area contributed by atoms with Crippen molar-refractivity contribution in [1.29, 1.82) is 0 Å². The first-order valence-electron chi connectivity index (χ1n) is 5.33. The zero-order valence-electron chi connectivity index (χ0n) is 9.93. The van der Waals surface area contributed by atoms with E-state index in [1.165, 1.54) is 0 Å². The number of nitrogens with one attached hydrogen (secondary N) is 1. The summed E-state index contributed by atoms with van der Waals surface area (Å²) in [5, 5.41) is 13.1. The second-order valence-electron chi connectivity index (χ2n) is 4.17. The minimum absolute atomic E-state index is 0.0531. The Morgan fingerprint density at radius 3 is 2.71 bits per heavy atom. The van der Waals surface area contributed by atoms with Gasteiger partial charge in [0, 0.05) is 17.9 Å². The molecule has 0 fully saturated rings. The first-order valence-corrected chi connectivity index (χ1v) is 5.33. The Bertz CT molecular complexity index is 554. The second-order valence-corrected chi connectivity index (χ2v) is 4.17. The monoisotopic (exact) mass is 234 g/mol. The lowest BCUT2D eigenvalue weighted by molar-refractivity contribution is 0.0690. The van der Waals surface area contributed by atoms with Gasteiger partial charge >= 0.3 is 5.97 Å². The van der Waals surface area contributed by atoms with Crippen LogP contribution < -0.4 is 0 Å². The third kappa shape index (κ3) is 2.06. The number of H-pyrrole nitrogens is 1. The molecule has 0 saturated carbocycles. The average molecular weight is 234 g/mol. The van der Waals surface area contributed by atoms with Crippen LogP contribution in [0.4, 0.5) is 0 Å². The number of nitrogens with zero attached hydrogens (tertiary/aromatic N) is 3. The largest absolute Gasteiger partial charge is 0.476 e. The Morgan fingerprint density at radius 1 is 1.53 bits per heavy atom. The van der Waals surface area contributed by atoms with Crippen molar-refractivity contribution < 1.29 is 9.90 Å². The van der Waals surface area contributed by atoms with Gasteiger partial charge in [0.15, 0.2) is 5.69 Å². The molecule has 2 N–H and O–H groups in total. The van der Waals surface area contributed by atoms with Crippen LogP contribution in [0.2, 0.25) is 0 Å². The van der Waals surface area contributed by atoms with Gasteiger partial charge < -0.3 is 10.1 Å². The minimum Gasteiger partial charge on any atom is -0.476 e. The van der Waals surface area contributed by atoms with Crippen LogP contribution in [0.15, 0.2) is 12.4 Å². The van der Waals surface area contributed by atoms with Crippen LogP contribution in [-0.2, 0) is 0 Å². The first-order chi connectivity index (χ1) is 7.99. The third-order valence-electron chi connectivity index (χ3n) is 2.49. The van der Waals surface area contributed by atoms with Crippen LogP contribution in [-0.4, -0.2) is 30.8 Å². The molecule has 0 aliphatic heterocycles. The number of rotatable bonds is 3. The summed E-state index contributed by atoms with van der Waals surface area (Å²) in [5.74, 6) is -0.493. The van der Waals surface area contributed by atoms with E-state index in [9.17, 15) is 4.79 Å². The zero-order valence-corrected chi connectivity index (χ0v) is 9.93. The van der Waals surface area contributed by atoms with Crippen molar-refractivity contribution in [3.63, 3.8) is 0 Å². The van der Waals surface area contributed by atoms with Gasteiger partial charge in [-0.3, -0.25) is 4.68 Å². The van der Waals surface area contributed by atoms with E-state index in [1.807, 2.05) is 20.0 Å². The van der Waals surface area contributed by atoms with Gasteiger partial charge in [0.2, 0.25) is 0 Å². The lowest BCUT2D eigenvalue weighted by Gasteiger charge is -2.02. The molecule has 0 spiro atoms. The highest BCUT2D eigenvalue weighted by Crippen LogP contribution is 2.18. The molecule has 0 bridgehead atoms. The standard InChI is InChI=1S/C11H14N4O2/c1-6(2)15-5-8(4-12-15)10-13-7(3)9(14-10)11(16)17/h4-6H,1-3H3,(H,13,14)(H,16,17). The lowest BCUT2D eigenvalue weighted by atomic mass is 10.3. The quantitative estimate of drug-likeness (QED) is 0.849. The van der Waals surface area contributed by atoms with Gasteiger partial charge in [-0.2, -0.15) is 5.10 Å². The molecular weight excluding hydrogens is 220 g/mol. The van der Waals surface area contributed by atoms with Gasteiger partial charge in [-0.1, -0.05) is 0 Å². The Hall–Kier alpha value is -2.11. The van der Waals surface area contributed by atoms with E-state index in [-0.39, 0.29) is 11.7 Å². The van der Waals surface area contributed by atoms with E-state index in [0.717, 1.165) is 5.56 Å². The molecule has 17 heavy (non-hydrogen) atoms. The third-order valence-corrected chi connectivity index (χ3v) is 2.49. The zero-order chi connectivity index (χ0) is 12.6. The van der Waals surface area contributed by atoms with E-state index in [1.54, 1.807) is 17.8 Å². The van der Waals surface area contributed by atoms with E-state index in [0.29, 0.717) is 11.5 Å². The molecule has 0 aliphatic rings. The highest BCUT2D eigenvalue weighted by molar-refractivity contribution is 5.87. The number of carboxylic acid groups (broad SMARTS) is 1. The summed E-state index contributed by atoms with van der Waals surface area (Å²) < 4.78 is 1.80. The van der Waals surface area contributed by atoms with Crippen LogP contribution >= 0.6 is 0 Å². The molecule has 0 aromatic carbocycles. The number of aryl methyl sites for hydroxylation is 1. The van der Waals surface area contributed by atoms with Gasteiger partial charge in [-0.05, 0) is 20.8 Å². The van der Waals surface area contributed by atoms with Crippen LogP contribution in [0.3, 0.4) is 0 Å². The van der Waals surface area contributed by atoms with Crippen LogP contribution in [0.25, 0.3) is 11.4 Å². The lowest BCUT2D eigenvalue weighted by Crippen LogP contribution is -1.99. The van der Waals surface area contributed by atoms with E-state index >= 15 is 0 Å². The highest BCUT2D eigenvalue weighted by atomic mass is 16.4. The molecule has 6 heteroatoms. The molecule has 0 aliphatic carbocycles. The van der Waals surface area contributed by atoms with E-state index in [2.05, 4.69) is 15.1 Å². The van der Waals surface area contributed by atoms with Gasteiger partial charge in [0.25, 0.3) is 0 Å². The van der Waals surface area contributed by atoms with Crippen molar-refractivity contribution >= 4 is 5.97 Å². The smallest absolute Gasteiger partial charge is 0.356 e. The Balaban J connectivity index is 2.39. The van der Waals surface area contributed by atoms with E-state index in [4.69, 9.17) is 5.11 Å². The molecule has 90 valence electrons. The molecule has 2 aromatic heterocycles. The summed E-state index contributed by atoms with van der Waals surface area (Å²) >= 11 is 0. The van der Waals surface area contributed by atoms with Crippen molar-refractivity contribution in [3.05, 3.63) is 23.8 Å². The van der Waals surface area contributed by atoms with E-state index < -0.39 is 5.97 Å². The topological polar surface area (TPSA) is 83.8 Å². The summed E-state index contributed by atoms with van der Waals surface area (Å²) in [6.07, 6.45) is 3.51. The van der Waals surface area contributed by atoms with Crippen molar-refractivity contribution in [1.82, 2.24) is 19.7 Å². The number of aromatic amines is 1. The van der Waals surface area contributed by atoms with Gasteiger partial charge in [-0.15, -0.1) is 0 Å². The maximum atomic E-state index is 10.9. The fourth-order valence-electron chi connectivity index (χ4n) is 1.55. The maximum absolute atomic E-state index is 10.9. The molecule has 0 radical (unpaired) electrons. The number of aromatic nitrogens is 4. The summed E-state index contributed by atoms with van der Waals surface area (Å²) in [7, 11) is 0. The number of carboxylic acids is 1. The van der Waals surface area contributed by atoms with Gasteiger partial charge in [-0.25, -0.2) is 9.78 Å². The number of carbonyl (C=O) groups is 1. The Kier molecular flexibility index (Phi) is 2.71. The molecule has 0 saturated heterocycles. The maximum Gasteiger partial charge on any atom is 0.356 e. The summed E-state index contributed by atoms with van der Waals surface area (Å²) in [6, 6.07) is 0.263. The van der Waals surface area contributed by atoms with Crippen LogP contribution in [0.1, 0.15) is 36.1 Å². The van der Waals surface area contributed by atoms with Crippen molar-refractivity contribution in [3.8, 4) is 11.4 Å². The summed E-state index contributed by atoms with van der Waals surface area (Å²) in [4.78, 5) is 17.9. The first kappa shape index (κ1) is 11.4. The Morgan fingerprint density at radius 2 is 2.24 bits per heavy atom. The molecule has 0 amide bonds. The number of imidazole rings is 1. The molecule has 0 unspecified atom stereocenters. The predicted octanol–water partition coefficient (Wildman–Crippen LogP) is 1.86. The minimum atomic E-state index is -1.03. The average Bonchev–Trinajstić information content (AvgIpc) is 2.82. The molecule has 0 atom stereocenters. The van der Waals surface area contributed by atoms with Crippen LogP contribution in [0.5, 0.6) is 0 Å². The van der Waals surface area contributed by atoms with Gasteiger partial charge in [0.05, 0.1) is 11.8 Å². The molecule has 2 heterocycles.